The SMILES string of the molecule is CN(C)c1ccc2c(c1)C(CN)N(CCc1ccccc1)C2. The quantitative estimate of drug-likeness (QED) is 0.920. The van der Waals surface area contributed by atoms with Gasteiger partial charge >= 0.3 is 0 Å². The Kier molecular flexibility index (Phi) is 4.46. The fraction of sp³-hybridized carbons (Fsp3) is 0.368. The minimum Gasteiger partial charge on any atom is -0.378 e. The number of anilines is 1. The minimum atomic E-state index is 0.346. The molecule has 0 radical (unpaired) electrons. The molecule has 3 rings (SSSR count). The fourth-order valence-electron chi connectivity index (χ4n) is 3.27. The van der Waals surface area contributed by atoms with E-state index >= 15 is 0 Å². The van der Waals surface area contributed by atoms with Crippen LogP contribution in [0.1, 0.15) is 22.7 Å². The summed E-state index contributed by atoms with van der Waals surface area (Å²) in [5.41, 5.74) is 11.6. The van der Waals surface area contributed by atoms with Crippen LogP contribution < -0.4 is 10.6 Å². The minimum absolute atomic E-state index is 0.346. The number of hydrogen-bond donors (Lipinski definition) is 1. The molecule has 2 N–H and O–H groups in total. The van der Waals surface area contributed by atoms with Crippen LogP contribution in [0.3, 0.4) is 0 Å². The Hall–Kier alpha value is -1.84. The molecule has 2 aromatic carbocycles. The van der Waals surface area contributed by atoms with E-state index in [4.69, 9.17) is 5.73 Å². The molecule has 3 heteroatoms. The highest BCUT2D eigenvalue weighted by molar-refractivity contribution is 5.52. The van der Waals surface area contributed by atoms with Gasteiger partial charge in [-0.15, -0.1) is 0 Å². The van der Waals surface area contributed by atoms with Gasteiger partial charge in [-0.1, -0.05) is 36.4 Å². The van der Waals surface area contributed by atoms with Gasteiger partial charge in [0.25, 0.3) is 0 Å². The van der Waals surface area contributed by atoms with E-state index in [-0.39, 0.29) is 0 Å². The average Bonchev–Trinajstić information content (AvgIpc) is 2.90. The molecule has 1 atom stereocenters. The molecule has 0 fully saturated rings. The van der Waals surface area contributed by atoms with E-state index in [1.807, 2.05) is 0 Å². The third-order valence-corrected chi connectivity index (χ3v) is 4.57. The molecule has 0 aromatic heterocycles. The maximum Gasteiger partial charge on any atom is 0.0478 e. The third-order valence-electron chi connectivity index (χ3n) is 4.57. The Morgan fingerprint density at radius 1 is 1.14 bits per heavy atom. The van der Waals surface area contributed by atoms with Crippen molar-refractivity contribution < 1.29 is 0 Å². The molecule has 0 saturated carbocycles. The van der Waals surface area contributed by atoms with Crippen molar-refractivity contribution in [1.82, 2.24) is 4.90 Å². The van der Waals surface area contributed by atoms with E-state index < -0.39 is 0 Å². The van der Waals surface area contributed by atoms with Crippen molar-refractivity contribution in [2.75, 3.05) is 32.1 Å². The van der Waals surface area contributed by atoms with Gasteiger partial charge in [0.15, 0.2) is 0 Å². The molecule has 116 valence electrons. The van der Waals surface area contributed by atoms with Gasteiger partial charge in [-0.25, -0.2) is 0 Å². The fourth-order valence-corrected chi connectivity index (χ4v) is 3.27. The molecule has 0 bridgehead atoms. The predicted octanol–water partition coefficient (Wildman–Crippen LogP) is 2.81. The largest absolute Gasteiger partial charge is 0.378 e. The normalized spacial score (nSPS) is 17.5. The zero-order valence-corrected chi connectivity index (χ0v) is 13.5. The number of fused-ring (bicyclic) bond motifs is 1. The van der Waals surface area contributed by atoms with E-state index in [0.717, 1.165) is 19.5 Å². The zero-order chi connectivity index (χ0) is 15.5. The van der Waals surface area contributed by atoms with Crippen LogP contribution in [0.5, 0.6) is 0 Å². The number of nitrogens with zero attached hydrogens (tertiary/aromatic N) is 2. The van der Waals surface area contributed by atoms with Crippen molar-refractivity contribution in [2.45, 2.75) is 19.0 Å². The first-order valence-corrected chi connectivity index (χ1v) is 7.97. The Morgan fingerprint density at radius 3 is 2.59 bits per heavy atom. The molecule has 0 spiro atoms. The number of rotatable bonds is 5. The van der Waals surface area contributed by atoms with E-state index in [0.29, 0.717) is 12.6 Å². The van der Waals surface area contributed by atoms with Crippen molar-refractivity contribution in [1.29, 1.82) is 0 Å². The second-order valence-electron chi connectivity index (χ2n) is 6.24. The molecule has 0 aliphatic carbocycles. The molecule has 0 saturated heterocycles. The van der Waals surface area contributed by atoms with Gasteiger partial charge in [-0.05, 0) is 35.2 Å². The monoisotopic (exact) mass is 295 g/mol. The van der Waals surface area contributed by atoms with Crippen LogP contribution in [0.15, 0.2) is 48.5 Å². The van der Waals surface area contributed by atoms with Crippen molar-refractivity contribution in [2.24, 2.45) is 5.73 Å². The summed E-state index contributed by atoms with van der Waals surface area (Å²) >= 11 is 0. The summed E-state index contributed by atoms with van der Waals surface area (Å²) in [5, 5.41) is 0. The van der Waals surface area contributed by atoms with E-state index in [9.17, 15) is 0 Å². The molecular formula is C19H25N3. The van der Waals surface area contributed by atoms with Crippen LogP contribution in [0, 0.1) is 0 Å². The number of nitrogens with two attached hydrogens (primary N) is 1. The second-order valence-corrected chi connectivity index (χ2v) is 6.24. The first-order chi connectivity index (χ1) is 10.7. The average molecular weight is 295 g/mol. The molecule has 1 unspecified atom stereocenters. The summed E-state index contributed by atoms with van der Waals surface area (Å²) < 4.78 is 0. The van der Waals surface area contributed by atoms with Crippen LogP contribution in [-0.4, -0.2) is 32.1 Å². The predicted molar refractivity (Wildman–Crippen MR) is 93.1 cm³/mol. The lowest BCUT2D eigenvalue weighted by Gasteiger charge is -2.24. The van der Waals surface area contributed by atoms with E-state index in [2.05, 4.69) is 72.4 Å². The molecule has 0 amide bonds. The highest BCUT2D eigenvalue weighted by atomic mass is 15.2. The van der Waals surface area contributed by atoms with Gasteiger partial charge in [0.05, 0.1) is 0 Å². The van der Waals surface area contributed by atoms with Gasteiger partial charge in [-0.2, -0.15) is 0 Å². The molecule has 1 aliphatic heterocycles. The van der Waals surface area contributed by atoms with Gasteiger partial charge in [0.2, 0.25) is 0 Å². The standard InChI is InChI=1S/C19H25N3/c1-21(2)17-9-8-16-14-22(19(13-20)18(16)12-17)11-10-15-6-4-3-5-7-15/h3-9,12,19H,10-11,13-14,20H2,1-2H3. The van der Waals surface area contributed by atoms with Crippen LogP contribution >= 0.6 is 0 Å². The van der Waals surface area contributed by atoms with Gasteiger partial charge in [-0.3, -0.25) is 4.90 Å². The molecule has 3 nitrogen and oxygen atoms in total. The van der Waals surface area contributed by atoms with Crippen molar-refractivity contribution in [3.8, 4) is 0 Å². The lowest BCUT2D eigenvalue weighted by Crippen LogP contribution is -2.29. The molecule has 1 heterocycles. The van der Waals surface area contributed by atoms with Crippen LogP contribution in [0.4, 0.5) is 5.69 Å². The van der Waals surface area contributed by atoms with Gasteiger partial charge < -0.3 is 10.6 Å². The molecule has 22 heavy (non-hydrogen) atoms. The number of hydrogen-bond acceptors (Lipinski definition) is 3. The van der Waals surface area contributed by atoms with E-state index in [1.165, 1.54) is 22.4 Å². The highest BCUT2D eigenvalue weighted by Crippen LogP contribution is 2.35. The van der Waals surface area contributed by atoms with E-state index in [1.54, 1.807) is 0 Å². The maximum atomic E-state index is 6.08. The zero-order valence-electron chi connectivity index (χ0n) is 13.5. The lowest BCUT2D eigenvalue weighted by molar-refractivity contribution is 0.223. The van der Waals surface area contributed by atoms with Gasteiger partial charge in [0.1, 0.15) is 0 Å². The molecule has 1 aliphatic rings. The topological polar surface area (TPSA) is 32.5 Å². The molecular weight excluding hydrogens is 270 g/mol. The first-order valence-electron chi connectivity index (χ1n) is 7.97. The second kappa shape index (κ2) is 6.51. The number of benzene rings is 2. The Morgan fingerprint density at radius 2 is 1.91 bits per heavy atom. The smallest absolute Gasteiger partial charge is 0.0478 e. The highest BCUT2D eigenvalue weighted by Gasteiger charge is 2.29. The Bertz CT molecular complexity index is 622. The summed E-state index contributed by atoms with van der Waals surface area (Å²) in [4.78, 5) is 4.66. The molecule has 2 aromatic rings. The van der Waals surface area contributed by atoms with Crippen molar-refractivity contribution in [3.63, 3.8) is 0 Å². The van der Waals surface area contributed by atoms with Crippen LogP contribution in [0.25, 0.3) is 0 Å². The Balaban J connectivity index is 1.74. The summed E-state index contributed by atoms with van der Waals surface area (Å²) in [6.45, 7) is 2.74. The lowest BCUT2D eigenvalue weighted by atomic mass is 10.0. The van der Waals surface area contributed by atoms with Crippen molar-refractivity contribution >= 4 is 5.69 Å². The summed E-state index contributed by atoms with van der Waals surface area (Å²) in [5.74, 6) is 0. The Labute approximate surface area is 133 Å². The van der Waals surface area contributed by atoms with Crippen molar-refractivity contribution in [3.05, 3.63) is 65.2 Å². The van der Waals surface area contributed by atoms with Crippen LogP contribution in [0.2, 0.25) is 0 Å². The summed E-state index contributed by atoms with van der Waals surface area (Å²) in [6, 6.07) is 17.8. The third kappa shape index (κ3) is 3.01. The summed E-state index contributed by atoms with van der Waals surface area (Å²) in [7, 11) is 4.17. The maximum absolute atomic E-state index is 6.08. The van der Waals surface area contributed by atoms with Crippen LogP contribution in [-0.2, 0) is 13.0 Å². The summed E-state index contributed by atoms with van der Waals surface area (Å²) in [6.07, 6.45) is 1.08. The first kappa shape index (κ1) is 15.1. The van der Waals surface area contributed by atoms with Gasteiger partial charge in [0, 0.05) is 45.5 Å².